The van der Waals surface area contributed by atoms with Crippen molar-refractivity contribution in [3.05, 3.63) is 61.2 Å². The smallest absolute Gasteiger partial charge is 0.305 e. The first-order valence-corrected chi connectivity index (χ1v) is 11.5. The molecule has 3 atom stereocenters. The maximum atomic E-state index is 13.0. The number of rotatable bonds is 17. The summed E-state index contributed by atoms with van der Waals surface area (Å²) in [5.41, 5.74) is 1.000. The summed E-state index contributed by atoms with van der Waals surface area (Å²) < 4.78 is 5.44. The highest BCUT2D eigenvalue weighted by atomic mass is 16.5. The Balaban J connectivity index is 2.76. The number of aliphatic hydroxyl groups is 1. The Morgan fingerprint density at radius 1 is 1.09 bits per heavy atom. The lowest BCUT2D eigenvalue weighted by Crippen LogP contribution is -2.45. The number of allylic oxidation sites excluding steroid dienone is 2. The third-order valence-electron chi connectivity index (χ3n) is 5.09. The number of unbranched alkanes of at least 4 members (excludes halogenated alkanes) is 2. The van der Waals surface area contributed by atoms with E-state index in [9.17, 15) is 14.4 Å². The molecule has 7 heteroatoms. The van der Waals surface area contributed by atoms with Crippen molar-refractivity contribution in [2.75, 3.05) is 13.2 Å². The van der Waals surface area contributed by atoms with Gasteiger partial charge in [0.05, 0.1) is 18.6 Å². The molecule has 0 heterocycles. The van der Waals surface area contributed by atoms with Gasteiger partial charge in [0.25, 0.3) is 0 Å². The molecule has 0 fully saturated rings. The molecule has 0 aliphatic heterocycles. The Labute approximate surface area is 197 Å². The van der Waals surface area contributed by atoms with Gasteiger partial charge >= 0.3 is 5.97 Å². The third kappa shape index (κ3) is 12.6. The van der Waals surface area contributed by atoms with Gasteiger partial charge in [-0.25, -0.2) is 0 Å². The van der Waals surface area contributed by atoms with Crippen molar-refractivity contribution in [3.8, 4) is 0 Å². The van der Waals surface area contributed by atoms with Crippen molar-refractivity contribution in [1.82, 2.24) is 10.6 Å². The van der Waals surface area contributed by atoms with Gasteiger partial charge in [-0.05, 0) is 44.6 Å². The average Bonchev–Trinajstić information content (AvgIpc) is 2.80. The summed E-state index contributed by atoms with van der Waals surface area (Å²) in [4.78, 5) is 37.3. The molecule has 182 valence electrons. The molecule has 2 amide bonds. The molecule has 0 aromatic heterocycles. The highest BCUT2D eigenvalue weighted by molar-refractivity contribution is 5.86. The molecular weight excluding hydrogens is 420 g/mol. The van der Waals surface area contributed by atoms with E-state index in [1.54, 1.807) is 13.0 Å². The number of carbonyl (C=O) groups is 3. The van der Waals surface area contributed by atoms with Gasteiger partial charge in [0, 0.05) is 18.9 Å². The summed E-state index contributed by atoms with van der Waals surface area (Å²) in [6, 6.07) is 8.81. The molecule has 0 bridgehead atoms. The van der Waals surface area contributed by atoms with Crippen LogP contribution in [0.3, 0.4) is 0 Å². The predicted octanol–water partition coefficient (Wildman–Crippen LogP) is 3.08. The number of carbonyl (C=O) groups excluding carboxylic acids is 3. The zero-order valence-corrected chi connectivity index (χ0v) is 19.6. The van der Waals surface area contributed by atoms with E-state index in [2.05, 4.69) is 23.8 Å². The van der Waals surface area contributed by atoms with E-state index in [4.69, 9.17) is 9.84 Å². The van der Waals surface area contributed by atoms with E-state index < -0.39 is 12.0 Å². The molecule has 0 saturated heterocycles. The number of nitrogens with one attached hydrogen (secondary N) is 2. The van der Waals surface area contributed by atoms with Crippen molar-refractivity contribution in [2.45, 2.75) is 64.0 Å². The number of amides is 2. The van der Waals surface area contributed by atoms with E-state index in [1.165, 1.54) is 0 Å². The van der Waals surface area contributed by atoms with Crippen LogP contribution in [0, 0.1) is 5.92 Å². The highest BCUT2D eigenvalue weighted by Crippen LogP contribution is 2.12. The van der Waals surface area contributed by atoms with Gasteiger partial charge in [0.1, 0.15) is 6.61 Å². The minimum absolute atomic E-state index is 0.0245. The topological polar surface area (TPSA) is 105 Å². The van der Waals surface area contributed by atoms with Gasteiger partial charge in [-0.2, -0.15) is 0 Å². The molecule has 1 rings (SSSR count). The third-order valence-corrected chi connectivity index (χ3v) is 5.09. The fourth-order valence-electron chi connectivity index (χ4n) is 3.28. The van der Waals surface area contributed by atoms with Gasteiger partial charge in [-0.1, -0.05) is 42.5 Å². The lowest BCUT2D eigenvalue weighted by atomic mass is 9.98. The zero-order chi connectivity index (χ0) is 24.5. The number of hydrogen-bond acceptors (Lipinski definition) is 5. The fourth-order valence-corrected chi connectivity index (χ4v) is 3.28. The summed E-state index contributed by atoms with van der Waals surface area (Å²) >= 11 is 0. The number of aliphatic hydroxyl groups excluding tert-OH is 1. The fraction of sp³-hybridized carbons (Fsp3) is 0.500. The van der Waals surface area contributed by atoms with Crippen molar-refractivity contribution < 1.29 is 24.2 Å². The molecule has 33 heavy (non-hydrogen) atoms. The van der Waals surface area contributed by atoms with Gasteiger partial charge < -0.3 is 20.5 Å². The molecule has 1 aromatic carbocycles. The van der Waals surface area contributed by atoms with Gasteiger partial charge in [0.2, 0.25) is 11.8 Å². The second-order valence-corrected chi connectivity index (χ2v) is 8.19. The molecule has 0 aliphatic rings. The monoisotopic (exact) mass is 458 g/mol. The average molecular weight is 459 g/mol. The lowest BCUT2D eigenvalue weighted by molar-refractivity contribution is -0.145. The van der Waals surface area contributed by atoms with Gasteiger partial charge in [-0.15, -0.1) is 13.2 Å². The van der Waals surface area contributed by atoms with E-state index in [0.29, 0.717) is 19.3 Å². The summed E-state index contributed by atoms with van der Waals surface area (Å²) in [6.45, 7) is 8.91. The second-order valence-electron chi connectivity index (χ2n) is 8.19. The molecule has 3 unspecified atom stereocenters. The molecule has 0 spiro atoms. The number of hydrogen-bond donors (Lipinski definition) is 3. The van der Waals surface area contributed by atoms with Crippen LogP contribution in [0.1, 0.15) is 51.0 Å². The molecule has 7 nitrogen and oxygen atoms in total. The quantitative estimate of drug-likeness (QED) is 0.189. The van der Waals surface area contributed by atoms with Crippen molar-refractivity contribution in [1.29, 1.82) is 0 Å². The summed E-state index contributed by atoms with van der Waals surface area (Å²) in [6.07, 6.45) is 7.00. The van der Waals surface area contributed by atoms with Crippen LogP contribution in [-0.2, 0) is 25.5 Å². The zero-order valence-electron chi connectivity index (χ0n) is 19.6. The minimum Gasteiger partial charge on any atom is -0.463 e. The van der Waals surface area contributed by atoms with Crippen LogP contribution in [0.2, 0.25) is 0 Å². The van der Waals surface area contributed by atoms with Crippen LogP contribution in [0.25, 0.3) is 0 Å². The van der Waals surface area contributed by atoms with Gasteiger partial charge in [0.15, 0.2) is 0 Å². The molecular formula is C26H38N2O5. The molecule has 0 radical (unpaired) electrons. The number of esters is 1. The minimum atomic E-state index is -0.610. The molecule has 0 saturated carbocycles. The first kappa shape index (κ1) is 28.1. The van der Waals surface area contributed by atoms with E-state index in [0.717, 1.165) is 24.8 Å². The van der Waals surface area contributed by atoms with Crippen LogP contribution < -0.4 is 10.6 Å². The van der Waals surface area contributed by atoms with E-state index in [1.807, 2.05) is 36.4 Å². The van der Waals surface area contributed by atoms with Crippen LogP contribution >= 0.6 is 0 Å². The van der Waals surface area contributed by atoms with Crippen LogP contribution in [-0.4, -0.2) is 48.2 Å². The van der Waals surface area contributed by atoms with Crippen LogP contribution in [0.5, 0.6) is 0 Å². The number of ether oxygens (including phenoxy) is 1. The Bertz CT molecular complexity index is 750. The Morgan fingerprint density at radius 3 is 2.45 bits per heavy atom. The van der Waals surface area contributed by atoms with E-state index >= 15 is 0 Å². The largest absolute Gasteiger partial charge is 0.463 e. The van der Waals surface area contributed by atoms with Crippen molar-refractivity contribution in [3.63, 3.8) is 0 Å². The normalized spacial score (nSPS) is 13.3. The highest BCUT2D eigenvalue weighted by Gasteiger charge is 2.24. The number of benzene rings is 1. The SMILES string of the molecule is C=CCCCCC(=O)OCC(Cc1ccccc1)NC(=O)C(CC=C)CC(=O)NC(C)CO. The maximum Gasteiger partial charge on any atom is 0.305 e. The van der Waals surface area contributed by atoms with Gasteiger partial charge in [-0.3, -0.25) is 14.4 Å². The molecule has 0 aliphatic carbocycles. The first-order valence-electron chi connectivity index (χ1n) is 11.5. The Kier molecular flexibility index (Phi) is 14.2. The standard InChI is InChI=1S/C26H38N2O5/c1-4-6-7-11-15-25(31)33-19-23(16-21-13-9-8-10-14-21)28-26(32)22(12-5-2)17-24(30)27-20(3)18-29/h4-5,8-10,13-14,20,22-23,29H,1-2,6-7,11-12,15-19H2,3H3,(H,27,30)(H,28,32). The Hall–Kier alpha value is -2.93. The summed E-state index contributed by atoms with van der Waals surface area (Å²) in [5, 5.41) is 14.7. The summed E-state index contributed by atoms with van der Waals surface area (Å²) in [5.74, 6) is -1.53. The lowest BCUT2D eigenvalue weighted by Gasteiger charge is -2.23. The van der Waals surface area contributed by atoms with E-state index in [-0.39, 0.29) is 43.5 Å². The first-order chi connectivity index (χ1) is 15.9. The van der Waals surface area contributed by atoms with Crippen LogP contribution in [0.4, 0.5) is 0 Å². The molecule has 1 aromatic rings. The van der Waals surface area contributed by atoms with Crippen molar-refractivity contribution >= 4 is 17.8 Å². The Morgan fingerprint density at radius 2 is 1.82 bits per heavy atom. The summed E-state index contributed by atoms with van der Waals surface area (Å²) in [7, 11) is 0. The van der Waals surface area contributed by atoms with Crippen LogP contribution in [0.15, 0.2) is 55.6 Å². The maximum absolute atomic E-state index is 13.0. The predicted molar refractivity (Wildman–Crippen MR) is 129 cm³/mol. The van der Waals surface area contributed by atoms with Crippen molar-refractivity contribution in [2.24, 2.45) is 5.92 Å². The second kappa shape index (κ2) is 16.7. The molecule has 3 N–H and O–H groups in total.